The van der Waals surface area contributed by atoms with Crippen molar-refractivity contribution in [2.24, 2.45) is 5.92 Å². The van der Waals surface area contributed by atoms with Gasteiger partial charge in [-0.2, -0.15) is 0 Å². The van der Waals surface area contributed by atoms with Crippen molar-refractivity contribution in [2.75, 3.05) is 31.8 Å². The molecule has 8 heteroatoms. The van der Waals surface area contributed by atoms with Crippen LogP contribution in [0.15, 0.2) is 41.1 Å². The first-order valence-electron chi connectivity index (χ1n) is 16.3. The fourth-order valence-corrected chi connectivity index (χ4v) is 3.21. The van der Waals surface area contributed by atoms with Crippen LogP contribution < -0.4 is 14.8 Å². The number of hydrogen-bond donors (Lipinski definition) is 1. The molecule has 1 aliphatic rings. The molecule has 1 aromatic heterocycles. The van der Waals surface area contributed by atoms with Gasteiger partial charge < -0.3 is 19.7 Å². The van der Waals surface area contributed by atoms with Crippen molar-refractivity contribution in [3.8, 4) is 11.5 Å². The maximum atomic E-state index is 14.6. The zero-order valence-corrected chi connectivity index (χ0v) is 19.5. The van der Waals surface area contributed by atoms with E-state index in [2.05, 4.69) is 31.2 Å². The van der Waals surface area contributed by atoms with E-state index in [1.54, 1.807) is 26.8 Å². The van der Waals surface area contributed by atoms with Crippen molar-refractivity contribution in [3.63, 3.8) is 0 Å². The molecule has 2 aromatic carbocycles. The lowest BCUT2D eigenvalue weighted by atomic mass is 9.98. The summed E-state index contributed by atoms with van der Waals surface area (Å²) in [4.78, 5) is 7.80. The van der Waals surface area contributed by atoms with Crippen molar-refractivity contribution in [3.05, 3.63) is 46.9 Å². The molecular formula is C25H30BrFN4O2. The topological polar surface area (TPSA) is 59.5 Å². The summed E-state index contributed by atoms with van der Waals surface area (Å²) in [5.41, 5.74) is -0.798. The minimum absolute atomic E-state index is 0.0644. The van der Waals surface area contributed by atoms with Crippen molar-refractivity contribution in [2.45, 2.75) is 39.1 Å². The number of anilines is 2. The Kier molecular flexibility index (Phi) is 3.66. The van der Waals surface area contributed by atoms with E-state index in [1.807, 2.05) is 0 Å². The largest absolute Gasteiger partial charge is 0.489 e. The van der Waals surface area contributed by atoms with Gasteiger partial charge in [0.2, 0.25) is 0 Å². The Labute approximate surface area is 220 Å². The zero-order chi connectivity index (χ0) is 35.1. The standard InChI is InChI=1S/C25H30BrFN4O2/c1-25(2,3)33-23-12-18-21(13-22(23)32-14-16-7-9-31(4)10-8-16)28-15-29-24(18)30-20-6-5-17(26)11-19(20)27/h5-6,11-13,15-16H,7-10,14H2,1-4H3,(H,28,29,30)/i4D3,7D2,8D2,9D2,10D2,14D2. The van der Waals surface area contributed by atoms with Crippen LogP contribution in [0, 0.1) is 11.7 Å². The maximum absolute atomic E-state index is 14.6. The number of hydrogen-bond acceptors (Lipinski definition) is 6. The highest BCUT2D eigenvalue weighted by molar-refractivity contribution is 9.10. The van der Waals surface area contributed by atoms with Crippen LogP contribution in [0.25, 0.3) is 10.9 Å². The highest BCUT2D eigenvalue weighted by atomic mass is 79.9. The average molecular weight is 531 g/mol. The van der Waals surface area contributed by atoms with Crippen LogP contribution in [0.1, 0.15) is 51.3 Å². The number of aromatic nitrogens is 2. The van der Waals surface area contributed by atoms with E-state index in [0.717, 1.165) is 6.33 Å². The van der Waals surface area contributed by atoms with Crippen molar-refractivity contribution in [1.82, 2.24) is 14.9 Å². The first-order chi connectivity index (χ1) is 20.6. The molecule has 6 nitrogen and oxygen atoms in total. The van der Waals surface area contributed by atoms with E-state index in [0.29, 0.717) is 4.47 Å². The van der Waals surface area contributed by atoms with E-state index >= 15 is 0 Å². The number of nitrogens with one attached hydrogen (secondary N) is 1. The summed E-state index contributed by atoms with van der Waals surface area (Å²) in [6.07, 6.45) is -6.25. The van der Waals surface area contributed by atoms with E-state index in [4.69, 9.17) is 27.3 Å². The van der Waals surface area contributed by atoms with Gasteiger partial charge in [0.05, 0.1) is 20.5 Å². The number of benzene rings is 2. The fourth-order valence-electron chi connectivity index (χ4n) is 2.88. The smallest absolute Gasteiger partial charge is 0.163 e. The second kappa shape index (κ2) is 9.81. The number of nitrogens with zero attached hydrogens (tertiary/aromatic N) is 3. The SMILES string of the molecule is [2H]C([2H])(Oc1cc2ncnc(Nc3ccc(Br)cc3F)c2cc1OC(C)(C)C)C1C([2H])([2H])C([2H])([2H])N(C([2H])([2H])[2H])C([2H])([2H])C1([2H])[2H]. The molecule has 2 heterocycles. The van der Waals surface area contributed by atoms with Crippen LogP contribution in [0.4, 0.5) is 15.9 Å². The molecule has 1 N–H and O–H groups in total. The number of likely N-dealkylation sites (tertiary alicyclic amines) is 1. The highest BCUT2D eigenvalue weighted by Gasteiger charge is 2.21. The second-order valence-electron chi connectivity index (χ2n) is 8.00. The summed E-state index contributed by atoms with van der Waals surface area (Å²) in [6.45, 7) is -9.73. The molecule has 0 atom stereocenters. The van der Waals surface area contributed by atoms with Crippen LogP contribution in [-0.2, 0) is 0 Å². The van der Waals surface area contributed by atoms with Gasteiger partial charge in [0.15, 0.2) is 11.5 Å². The van der Waals surface area contributed by atoms with Gasteiger partial charge in [0.25, 0.3) is 0 Å². The maximum Gasteiger partial charge on any atom is 0.163 e. The van der Waals surface area contributed by atoms with Gasteiger partial charge in [-0.15, -0.1) is 0 Å². The second-order valence-corrected chi connectivity index (χ2v) is 8.92. The molecule has 0 aliphatic carbocycles. The summed E-state index contributed by atoms with van der Waals surface area (Å²) in [7, 11) is 0. The average Bonchev–Trinajstić information content (AvgIpc) is 2.82. The summed E-state index contributed by atoms with van der Waals surface area (Å²) in [6, 6.07) is 6.80. The van der Waals surface area contributed by atoms with Crippen LogP contribution in [0.5, 0.6) is 11.5 Å². The lowest BCUT2D eigenvalue weighted by molar-refractivity contribution is 0.116. The molecule has 1 aliphatic heterocycles. The summed E-state index contributed by atoms with van der Waals surface area (Å²) < 4.78 is 135. The van der Waals surface area contributed by atoms with Gasteiger partial charge in [0, 0.05) is 31.0 Å². The van der Waals surface area contributed by atoms with Crippen LogP contribution in [0.3, 0.4) is 0 Å². The Balaban J connectivity index is 1.87. The molecule has 0 bridgehead atoms. The summed E-state index contributed by atoms with van der Waals surface area (Å²) in [5, 5.41) is 3.11. The minimum atomic E-state index is -3.75. The van der Waals surface area contributed by atoms with Crippen molar-refractivity contribution < 1.29 is 31.7 Å². The Morgan fingerprint density at radius 2 is 2.03 bits per heavy atom. The lowest BCUT2D eigenvalue weighted by Crippen LogP contribution is -2.32. The molecule has 176 valence electrons. The molecule has 0 saturated carbocycles. The van der Waals surface area contributed by atoms with E-state index in [9.17, 15) is 4.39 Å². The third-order valence-electron chi connectivity index (χ3n) is 4.23. The molecule has 0 unspecified atom stereocenters. The summed E-state index contributed by atoms with van der Waals surface area (Å²) in [5.74, 6) is -3.99. The molecule has 0 radical (unpaired) electrons. The van der Waals surface area contributed by atoms with Gasteiger partial charge in [0.1, 0.15) is 23.6 Å². The number of ether oxygens (including phenoxy) is 2. The highest BCUT2D eigenvalue weighted by Crippen LogP contribution is 2.37. The zero-order valence-electron chi connectivity index (χ0n) is 31.0. The molecule has 1 fully saturated rings. The Hall–Kier alpha value is -2.45. The Bertz CT molecular complexity index is 1620. The normalized spacial score (nSPS) is 28.3. The molecule has 0 amide bonds. The molecule has 4 rings (SSSR count). The Morgan fingerprint density at radius 3 is 2.73 bits per heavy atom. The van der Waals surface area contributed by atoms with Crippen molar-refractivity contribution in [1.29, 1.82) is 0 Å². The number of halogens is 2. The van der Waals surface area contributed by atoms with Crippen LogP contribution in [-0.4, -0.2) is 47.0 Å². The quantitative estimate of drug-likeness (QED) is 0.411. The van der Waals surface area contributed by atoms with E-state index < -0.39 is 67.3 Å². The number of rotatable bonds is 6. The van der Waals surface area contributed by atoms with Gasteiger partial charge in [-0.05, 0) is 83.7 Å². The first kappa shape index (κ1) is 12.3. The van der Waals surface area contributed by atoms with Gasteiger partial charge in [-0.1, -0.05) is 15.9 Å². The van der Waals surface area contributed by atoms with Crippen LogP contribution in [0.2, 0.25) is 0 Å². The fraction of sp³-hybridized carbons (Fsp3) is 0.440. The molecular weight excluding hydrogens is 487 g/mol. The first-order valence-corrected chi connectivity index (χ1v) is 10.6. The van der Waals surface area contributed by atoms with E-state index in [1.165, 1.54) is 24.3 Å². The van der Waals surface area contributed by atoms with E-state index in [-0.39, 0.29) is 28.2 Å². The molecule has 3 aromatic rings. The molecule has 0 spiro atoms. The molecule has 33 heavy (non-hydrogen) atoms. The van der Waals surface area contributed by atoms with Gasteiger partial charge in [-0.25, -0.2) is 14.4 Å². The third kappa shape index (κ3) is 6.12. The Morgan fingerprint density at radius 1 is 1.24 bits per heavy atom. The van der Waals surface area contributed by atoms with Crippen LogP contribution >= 0.6 is 15.9 Å². The van der Waals surface area contributed by atoms with Gasteiger partial charge in [-0.3, -0.25) is 0 Å². The number of piperidine rings is 1. The third-order valence-corrected chi connectivity index (χ3v) is 4.72. The minimum Gasteiger partial charge on any atom is -0.489 e. The predicted molar refractivity (Wildman–Crippen MR) is 133 cm³/mol. The summed E-state index contributed by atoms with van der Waals surface area (Å²) >= 11 is 3.19. The van der Waals surface area contributed by atoms with Gasteiger partial charge >= 0.3 is 0 Å². The number of fused-ring (bicyclic) bond motifs is 1. The monoisotopic (exact) mass is 529 g/mol. The lowest BCUT2D eigenvalue weighted by Gasteiger charge is -2.29. The predicted octanol–water partition coefficient (Wildman–Crippen LogP) is 6.17. The molecule has 1 saturated heterocycles. The van der Waals surface area contributed by atoms with Crippen molar-refractivity contribution >= 4 is 38.3 Å².